The third-order valence-electron chi connectivity index (χ3n) is 3.59. The fourth-order valence-electron chi connectivity index (χ4n) is 2.61. The van der Waals surface area contributed by atoms with Crippen LogP contribution >= 0.6 is 11.3 Å². The lowest BCUT2D eigenvalue weighted by atomic mass is 9.99. The summed E-state index contributed by atoms with van der Waals surface area (Å²) in [7, 11) is 0. The molecule has 110 valence electrons. The lowest BCUT2D eigenvalue weighted by Crippen LogP contribution is -2.44. The summed E-state index contributed by atoms with van der Waals surface area (Å²) in [5.74, 6) is 0.00975. The smallest absolute Gasteiger partial charge is 0.228 e. The maximum atomic E-state index is 12.4. The van der Waals surface area contributed by atoms with Crippen molar-refractivity contribution in [2.45, 2.75) is 52.0 Å². The van der Waals surface area contributed by atoms with Gasteiger partial charge >= 0.3 is 0 Å². The van der Waals surface area contributed by atoms with Crippen molar-refractivity contribution in [3.8, 4) is 0 Å². The fraction of sp³-hybridized carbons (Fsp3) is 0.643. The molecule has 2 heterocycles. The van der Waals surface area contributed by atoms with Crippen molar-refractivity contribution in [1.82, 2.24) is 9.88 Å². The van der Waals surface area contributed by atoms with E-state index in [9.17, 15) is 9.59 Å². The van der Waals surface area contributed by atoms with Crippen LogP contribution in [0.4, 0.5) is 5.13 Å². The topological polar surface area (TPSA) is 62.3 Å². The zero-order valence-corrected chi connectivity index (χ0v) is 12.8. The molecule has 2 rings (SSSR count). The van der Waals surface area contributed by atoms with Crippen LogP contribution in [0.1, 0.15) is 45.2 Å². The van der Waals surface area contributed by atoms with E-state index < -0.39 is 0 Å². The summed E-state index contributed by atoms with van der Waals surface area (Å²) in [5.41, 5.74) is 0.740. The van der Waals surface area contributed by atoms with Gasteiger partial charge in [0.05, 0.1) is 12.1 Å². The largest absolute Gasteiger partial charge is 0.339 e. The molecule has 2 amide bonds. The number of carbonyl (C=O) groups is 2. The Bertz CT molecular complexity index is 487. The SMILES string of the molecule is CCC1CCCCN1C(=O)Cc1csc(NC(C)=O)n1. The van der Waals surface area contributed by atoms with Crippen LogP contribution in [0.25, 0.3) is 0 Å². The first-order chi connectivity index (χ1) is 9.60. The first-order valence-corrected chi connectivity index (χ1v) is 7.99. The Hall–Kier alpha value is -1.43. The van der Waals surface area contributed by atoms with Crippen molar-refractivity contribution in [2.75, 3.05) is 11.9 Å². The highest BCUT2D eigenvalue weighted by molar-refractivity contribution is 7.13. The summed E-state index contributed by atoms with van der Waals surface area (Å²) in [5, 5.41) is 5.04. The van der Waals surface area contributed by atoms with E-state index in [1.165, 1.54) is 24.7 Å². The number of hydrogen-bond donors (Lipinski definition) is 1. The zero-order chi connectivity index (χ0) is 14.5. The molecule has 6 heteroatoms. The van der Waals surface area contributed by atoms with E-state index in [-0.39, 0.29) is 11.8 Å². The van der Waals surface area contributed by atoms with Crippen LogP contribution in [0.15, 0.2) is 5.38 Å². The van der Waals surface area contributed by atoms with Crippen molar-refractivity contribution in [2.24, 2.45) is 0 Å². The average Bonchev–Trinajstić information content (AvgIpc) is 2.85. The molecule has 20 heavy (non-hydrogen) atoms. The van der Waals surface area contributed by atoms with Crippen molar-refractivity contribution in [3.63, 3.8) is 0 Å². The Morgan fingerprint density at radius 2 is 2.30 bits per heavy atom. The molecule has 1 aliphatic rings. The van der Waals surface area contributed by atoms with Crippen LogP contribution in [-0.2, 0) is 16.0 Å². The Morgan fingerprint density at radius 3 is 3.00 bits per heavy atom. The summed E-state index contributed by atoms with van der Waals surface area (Å²) < 4.78 is 0. The number of amides is 2. The summed E-state index contributed by atoms with van der Waals surface area (Å²) >= 11 is 1.36. The Kier molecular flexibility index (Phi) is 5.11. The highest BCUT2D eigenvalue weighted by Crippen LogP contribution is 2.21. The maximum absolute atomic E-state index is 12.4. The quantitative estimate of drug-likeness (QED) is 0.928. The third kappa shape index (κ3) is 3.79. The van der Waals surface area contributed by atoms with Crippen LogP contribution < -0.4 is 5.32 Å². The number of anilines is 1. The number of rotatable bonds is 4. The van der Waals surface area contributed by atoms with Crippen molar-refractivity contribution < 1.29 is 9.59 Å². The van der Waals surface area contributed by atoms with Gasteiger partial charge in [-0.05, 0) is 25.7 Å². The van der Waals surface area contributed by atoms with Crippen molar-refractivity contribution in [1.29, 1.82) is 0 Å². The molecule has 1 aromatic rings. The first-order valence-electron chi connectivity index (χ1n) is 7.11. The number of piperidine rings is 1. The minimum absolute atomic E-state index is 0.140. The summed E-state index contributed by atoms with van der Waals surface area (Å²) in [6.07, 6.45) is 4.76. The maximum Gasteiger partial charge on any atom is 0.228 e. The molecule has 5 nitrogen and oxygen atoms in total. The molecule has 1 aromatic heterocycles. The van der Waals surface area contributed by atoms with Crippen LogP contribution in [0, 0.1) is 0 Å². The van der Waals surface area contributed by atoms with Gasteiger partial charge < -0.3 is 10.2 Å². The Balaban J connectivity index is 1.96. The van der Waals surface area contributed by atoms with E-state index in [1.54, 1.807) is 0 Å². The van der Waals surface area contributed by atoms with E-state index in [4.69, 9.17) is 0 Å². The van der Waals surface area contributed by atoms with Gasteiger partial charge in [0, 0.05) is 24.9 Å². The zero-order valence-electron chi connectivity index (χ0n) is 12.0. The van der Waals surface area contributed by atoms with E-state index in [0.717, 1.165) is 31.5 Å². The minimum atomic E-state index is -0.140. The molecule has 1 atom stereocenters. The van der Waals surface area contributed by atoms with Gasteiger partial charge in [-0.15, -0.1) is 11.3 Å². The van der Waals surface area contributed by atoms with Gasteiger partial charge in [-0.25, -0.2) is 4.98 Å². The Morgan fingerprint density at radius 1 is 1.50 bits per heavy atom. The highest BCUT2D eigenvalue weighted by Gasteiger charge is 2.25. The van der Waals surface area contributed by atoms with Crippen LogP contribution in [-0.4, -0.2) is 34.3 Å². The average molecular weight is 295 g/mol. The van der Waals surface area contributed by atoms with Crippen LogP contribution in [0.3, 0.4) is 0 Å². The fourth-order valence-corrected chi connectivity index (χ4v) is 3.36. The van der Waals surface area contributed by atoms with Crippen molar-refractivity contribution >= 4 is 28.3 Å². The number of aromatic nitrogens is 1. The van der Waals surface area contributed by atoms with Gasteiger partial charge in [0.25, 0.3) is 0 Å². The molecular weight excluding hydrogens is 274 g/mol. The second-order valence-electron chi connectivity index (χ2n) is 5.15. The predicted molar refractivity (Wildman–Crippen MR) is 79.8 cm³/mol. The molecule has 1 aliphatic heterocycles. The molecule has 0 aliphatic carbocycles. The number of nitrogens with one attached hydrogen (secondary N) is 1. The van der Waals surface area contributed by atoms with Gasteiger partial charge in [0.15, 0.2) is 5.13 Å². The van der Waals surface area contributed by atoms with E-state index in [2.05, 4.69) is 17.2 Å². The number of carbonyl (C=O) groups excluding carboxylic acids is 2. The molecular formula is C14H21N3O2S. The monoisotopic (exact) mass is 295 g/mol. The van der Waals surface area contributed by atoms with Gasteiger partial charge in [0.2, 0.25) is 11.8 Å². The molecule has 0 aromatic carbocycles. The van der Waals surface area contributed by atoms with E-state index >= 15 is 0 Å². The molecule has 0 bridgehead atoms. The molecule has 1 fully saturated rings. The Labute approximate surface area is 123 Å². The lowest BCUT2D eigenvalue weighted by Gasteiger charge is -2.35. The second-order valence-corrected chi connectivity index (χ2v) is 6.01. The minimum Gasteiger partial charge on any atom is -0.339 e. The van der Waals surface area contributed by atoms with E-state index in [0.29, 0.717) is 17.6 Å². The number of nitrogens with zero attached hydrogens (tertiary/aromatic N) is 2. The lowest BCUT2D eigenvalue weighted by molar-refractivity contribution is -0.134. The molecule has 1 unspecified atom stereocenters. The number of thiazole rings is 1. The molecule has 0 spiro atoms. The third-order valence-corrected chi connectivity index (χ3v) is 4.39. The molecule has 1 saturated heterocycles. The van der Waals surface area contributed by atoms with E-state index in [1.807, 2.05) is 10.3 Å². The van der Waals surface area contributed by atoms with Gasteiger partial charge in [-0.1, -0.05) is 6.92 Å². The van der Waals surface area contributed by atoms with Crippen LogP contribution in [0.2, 0.25) is 0 Å². The normalized spacial score (nSPS) is 18.9. The number of likely N-dealkylation sites (tertiary alicyclic amines) is 1. The molecule has 1 N–H and O–H groups in total. The van der Waals surface area contributed by atoms with Crippen molar-refractivity contribution in [3.05, 3.63) is 11.1 Å². The standard InChI is InChI=1S/C14H21N3O2S/c1-3-12-6-4-5-7-17(12)13(19)8-11-9-20-14(16-11)15-10(2)18/h9,12H,3-8H2,1-2H3,(H,15,16,18). The summed E-state index contributed by atoms with van der Waals surface area (Å²) in [6, 6.07) is 0.379. The second kappa shape index (κ2) is 6.83. The highest BCUT2D eigenvalue weighted by atomic mass is 32.1. The van der Waals surface area contributed by atoms with Gasteiger partial charge in [0.1, 0.15) is 0 Å². The summed E-state index contributed by atoms with van der Waals surface area (Å²) in [4.78, 5) is 29.6. The summed E-state index contributed by atoms with van der Waals surface area (Å²) in [6.45, 7) is 4.44. The van der Waals surface area contributed by atoms with Crippen LogP contribution in [0.5, 0.6) is 0 Å². The predicted octanol–water partition coefficient (Wildman–Crippen LogP) is 2.44. The molecule has 0 saturated carbocycles. The van der Waals surface area contributed by atoms with Gasteiger partial charge in [-0.3, -0.25) is 9.59 Å². The first kappa shape index (κ1) is 15.0. The van der Waals surface area contributed by atoms with Gasteiger partial charge in [-0.2, -0.15) is 0 Å². The molecule has 0 radical (unpaired) electrons. The number of hydrogen-bond acceptors (Lipinski definition) is 4.